The molecule has 0 spiro atoms. The number of carbonyl (C=O) groups is 2. The van der Waals surface area contributed by atoms with Gasteiger partial charge in [-0.15, -0.1) is 11.3 Å². The Balaban J connectivity index is 1.53. The summed E-state index contributed by atoms with van der Waals surface area (Å²) in [5.74, 6) is 2.01. The van der Waals surface area contributed by atoms with E-state index in [0.717, 1.165) is 58.8 Å². The molecular formula is C30H37N7O4S. The maximum Gasteiger partial charge on any atom is 0.330 e. The molecule has 222 valence electrons. The number of hydrogen-bond acceptors (Lipinski definition) is 9. The summed E-state index contributed by atoms with van der Waals surface area (Å²) in [6.07, 6.45) is 6.85. The largest absolute Gasteiger partial charge is 0.496 e. The molecular weight excluding hydrogens is 554 g/mol. The summed E-state index contributed by atoms with van der Waals surface area (Å²) < 4.78 is 11.3. The van der Waals surface area contributed by atoms with Crippen molar-refractivity contribution in [2.75, 3.05) is 29.3 Å². The van der Waals surface area contributed by atoms with Gasteiger partial charge in [-0.3, -0.25) is 14.6 Å². The van der Waals surface area contributed by atoms with Gasteiger partial charge in [-0.05, 0) is 39.7 Å². The predicted molar refractivity (Wildman–Crippen MR) is 164 cm³/mol. The smallest absolute Gasteiger partial charge is 0.330 e. The minimum Gasteiger partial charge on any atom is -0.496 e. The van der Waals surface area contributed by atoms with E-state index in [1.54, 1.807) is 30.2 Å². The number of benzene rings is 1. The molecule has 11 nitrogen and oxygen atoms in total. The number of hydrogen-bond donors (Lipinski definition) is 2. The SMILES string of the molecule is C=CC(=O)NC1CCCCC1Nc1ncc2c(n1)N(Cc1csc(C)n1)C(=O)N(c1c(C)c(OC)cc(OC)c1C)C2. The van der Waals surface area contributed by atoms with Crippen molar-refractivity contribution in [3.05, 3.63) is 57.7 Å². The molecule has 1 aromatic carbocycles. The van der Waals surface area contributed by atoms with E-state index in [2.05, 4.69) is 27.2 Å². The van der Waals surface area contributed by atoms with Gasteiger partial charge in [0.15, 0.2) is 0 Å². The third-order valence-electron chi connectivity index (χ3n) is 7.89. The van der Waals surface area contributed by atoms with Crippen molar-refractivity contribution in [1.29, 1.82) is 0 Å². The van der Waals surface area contributed by atoms with Gasteiger partial charge in [-0.1, -0.05) is 19.4 Å². The Hall–Kier alpha value is -4.19. The Morgan fingerprint density at radius 1 is 1.12 bits per heavy atom. The second kappa shape index (κ2) is 12.4. The van der Waals surface area contributed by atoms with Gasteiger partial charge in [0.2, 0.25) is 11.9 Å². The second-order valence-corrected chi connectivity index (χ2v) is 11.7. The summed E-state index contributed by atoms with van der Waals surface area (Å²) in [5, 5.41) is 9.35. The molecule has 2 atom stereocenters. The molecule has 1 saturated carbocycles. The van der Waals surface area contributed by atoms with E-state index in [4.69, 9.17) is 14.5 Å². The van der Waals surface area contributed by atoms with Gasteiger partial charge in [0, 0.05) is 46.4 Å². The molecule has 5 rings (SSSR count). The van der Waals surface area contributed by atoms with Crippen molar-refractivity contribution in [3.63, 3.8) is 0 Å². The van der Waals surface area contributed by atoms with Crippen molar-refractivity contribution < 1.29 is 19.1 Å². The maximum atomic E-state index is 14.3. The van der Waals surface area contributed by atoms with Crippen LogP contribution in [-0.4, -0.2) is 53.2 Å². The Morgan fingerprint density at radius 3 is 2.43 bits per heavy atom. The normalized spacial score (nSPS) is 18.4. The van der Waals surface area contributed by atoms with Crippen LogP contribution in [0.5, 0.6) is 11.5 Å². The maximum absolute atomic E-state index is 14.3. The number of urea groups is 1. The van der Waals surface area contributed by atoms with Crippen molar-refractivity contribution in [1.82, 2.24) is 20.3 Å². The Kier molecular flexibility index (Phi) is 8.62. The lowest BCUT2D eigenvalue weighted by atomic mass is 9.90. The summed E-state index contributed by atoms with van der Waals surface area (Å²) >= 11 is 1.54. The van der Waals surface area contributed by atoms with Gasteiger partial charge in [0.1, 0.15) is 17.3 Å². The van der Waals surface area contributed by atoms with Gasteiger partial charge < -0.3 is 20.1 Å². The topological polar surface area (TPSA) is 122 Å². The number of aromatic nitrogens is 3. The standard InChI is InChI=1S/C30H37N7O4S/c1-7-26(38)33-22-10-8-9-11-23(22)34-29-31-13-20-14-36(27-17(2)24(40-5)12-25(41-6)18(27)3)30(39)37(28(20)35-29)15-21-16-42-19(4)32-21/h7,12-13,16,22-23H,1,8-11,14-15H2,2-6H3,(H,33,38)(H,31,34,35). The van der Waals surface area contributed by atoms with Crippen LogP contribution in [0.15, 0.2) is 30.3 Å². The first-order chi connectivity index (χ1) is 20.2. The average Bonchev–Trinajstić information content (AvgIpc) is 3.40. The van der Waals surface area contributed by atoms with E-state index in [0.29, 0.717) is 23.3 Å². The van der Waals surface area contributed by atoms with Gasteiger partial charge in [-0.2, -0.15) is 4.98 Å². The van der Waals surface area contributed by atoms with E-state index in [1.807, 2.05) is 32.2 Å². The van der Waals surface area contributed by atoms with Crippen LogP contribution in [0.4, 0.5) is 22.2 Å². The molecule has 12 heteroatoms. The minimum absolute atomic E-state index is 0.0410. The lowest BCUT2D eigenvalue weighted by Gasteiger charge is -2.38. The molecule has 3 amide bonds. The highest BCUT2D eigenvalue weighted by Gasteiger charge is 2.36. The summed E-state index contributed by atoms with van der Waals surface area (Å²) in [7, 11) is 3.21. The first-order valence-electron chi connectivity index (χ1n) is 14.0. The number of nitrogens with zero attached hydrogens (tertiary/aromatic N) is 5. The number of rotatable bonds is 9. The van der Waals surface area contributed by atoms with Crippen LogP contribution in [0.25, 0.3) is 0 Å². The molecule has 42 heavy (non-hydrogen) atoms. The monoisotopic (exact) mass is 591 g/mol. The second-order valence-electron chi connectivity index (χ2n) is 10.6. The number of aryl methyl sites for hydroxylation is 1. The lowest BCUT2D eigenvalue weighted by Crippen LogP contribution is -2.49. The van der Waals surface area contributed by atoms with Gasteiger partial charge in [-0.25, -0.2) is 14.8 Å². The number of ether oxygens (including phenoxy) is 2. The Labute approximate surface area is 250 Å². The number of nitrogens with one attached hydrogen (secondary N) is 2. The van der Waals surface area contributed by atoms with Crippen LogP contribution in [0.1, 0.15) is 53.1 Å². The molecule has 0 bridgehead atoms. The summed E-state index contributed by atoms with van der Waals surface area (Å²) in [6.45, 7) is 9.92. The Bertz CT molecular complexity index is 1480. The van der Waals surface area contributed by atoms with Crippen LogP contribution in [-0.2, 0) is 17.9 Å². The third-order valence-corrected chi connectivity index (χ3v) is 8.71. The van der Waals surface area contributed by atoms with Crippen molar-refractivity contribution in [3.8, 4) is 11.5 Å². The summed E-state index contributed by atoms with van der Waals surface area (Å²) in [5.41, 5.74) is 3.98. The number of carbonyl (C=O) groups excluding carboxylic acids is 2. The van der Waals surface area contributed by atoms with Crippen LogP contribution >= 0.6 is 11.3 Å². The lowest BCUT2D eigenvalue weighted by molar-refractivity contribution is -0.117. The molecule has 0 radical (unpaired) electrons. The zero-order chi connectivity index (χ0) is 30.0. The van der Waals surface area contributed by atoms with Crippen LogP contribution in [0, 0.1) is 20.8 Å². The molecule has 0 saturated heterocycles. The fourth-order valence-corrected chi connectivity index (χ4v) is 6.41. The average molecular weight is 592 g/mol. The van der Waals surface area contributed by atoms with E-state index in [-0.39, 0.29) is 37.1 Å². The first-order valence-corrected chi connectivity index (χ1v) is 14.9. The molecule has 2 unspecified atom stereocenters. The third kappa shape index (κ3) is 5.76. The molecule has 1 aliphatic heterocycles. The highest BCUT2D eigenvalue weighted by atomic mass is 32.1. The predicted octanol–water partition coefficient (Wildman–Crippen LogP) is 5.05. The minimum atomic E-state index is -0.229. The Morgan fingerprint density at radius 2 is 1.81 bits per heavy atom. The van der Waals surface area contributed by atoms with Crippen molar-refractivity contribution >= 4 is 40.7 Å². The molecule has 2 aromatic heterocycles. The fourth-order valence-electron chi connectivity index (χ4n) is 5.81. The zero-order valence-electron chi connectivity index (χ0n) is 24.7. The molecule has 1 aliphatic carbocycles. The van der Waals surface area contributed by atoms with Gasteiger partial charge in [0.25, 0.3) is 0 Å². The van der Waals surface area contributed by atoms with E-state index in [1.165, 1.54) is 17.4 Å². The van der Waals surface area contributed by atoms with Crippen LogP contribution in [0.2, 0.25) is 0 Å². The number of anilines is 3. The summed E-state index contributed by atoms with van der Waals surface area (Å²) in [4.78, 5) is 43.9. The number of amides is 3. The van der Waals surface area contributed by atoms with Gasteiger partial charge >= 0.3 is 6.03 Å². The van der Waals surface area contributed by atoms with E-state index in [9.17, 15) is 9.59 Å². The zero-order valence-corrected chi connectivity index (χ0v) is 25.5. The quantitative estimate of drug-likeness (QED) is 0.332. The van der Waals surface area contributed by atoms with E-state index < -0.39 is 0 Å². The highest BCUT2D eigenvalue weighted by Crippen LogP contribution is 2.42. The van der Waals surface area contributed by atoms with E-state index >= 15 is 0 Å². The summed E-state index contributed by atoms with van der Waals surface area (Å²) in [6, 6.07) is 1.50. The molecule has 2 aliphatic rings. The van der Waals surface area contributed by atoms with Crippen molar-refractivity contribution in [2.24, 2.45) is 0 Å². The number of fused-ring (bicyclic) bond motifs is 1. The highest BCUT2D eigenvalue weighted by molar-refractivity contribution is 7.09. The molecule has 3 aromatic rings. The number of thiazole rings is 1. The molecule has 3 heterocycles. The van der Waals surface area contributed by atoms with Crippen molar-refractivity contribution in [2.45, 2.75) is 71.6 Å². The first kappa shape index (κ1) is 29.3. The van der Waals surface area contributed by atoms with Crippen LogP contribution < -0.4 is 29.9 Å². The molecule has 2 N–H and O–H groups in total. The molecule has 1 fully saturated rings. The number of methoxy groups -OCH3 is 2. The van der Waals surface area contributed by atoms with Crippen LogP contribution in [0.3, 0.4) is 0 Å². The fraction of sp³-hybridized carbons (Fsp3) is 0.433. The van der Waals surface area contributed by atoms with Gasteiger partial charge in [0.05, 0.1) is 43.7 Å².